The molecular weight excluding hydrogens is 248 g/mol. The smallest absolute Gasteiger partial charge is 0.251 e. The molecule has 1 fully saturated rings. The van der Waals surface area contributed by atoms with Gasteiger partial charge in [-0.25, -0.2) is 11.0 Å². The molecule has 0 aromatic heterocycles. The van der Waals surface area contributed by atoms with E-state index in [1.165, 1.54) is 5.48 Å². The maximum Gasteiger partial charge on any atom is 0.251 e. The molecule has 17 heavy (non-hydrogen) atoms. The van der Waals surface area contributed by atoms with E-state index in [-0.39, 0.29) is 17.2 Å². The molecule has 1 heterocycles. The summed E-state index contributed by atoms with van der Waals surface area (Å²) in [5.41, 5.74) is 2.80. The van der Waals surface area contributed by atoms with Gasteiger partial charge in [-0.1, -0.05) is 0 Å². The Balaban J connectivity index is 0.000000302. The van der Waals surface area contributed by atoms with Crippen LogP contribution in [0, 0.1) is 10.8 Å². The van der Waals surface area contributed by atoms with E-state index in [4.69, 9.17) is 16.8 Å². The molecule has 0 atom stereocenters. The number of hydroxylamine groups is 2. The second kappa shape index (κ2) is 6.18. The van der Waals surface area contributed by atoms with Gasteiger partial charge in [-0.05, 0) is 27.7 Å². The predicted molar refractivity (Wildman–Crippen MR) is 62.3 cm³/mol. The highest BCUT2D eigenvalue weighted by Gasteiger charge is 2.33. The van der Waals surface area contributed by atoms with Gasteiger partial charge in [-0.3, -0.25) is 19.6 Å². The fraction of sp³-hybridized carbons (Fsp3) is 0.800. The van der Waals surface area contributed by atoms with Crippen molar-refractivity contribution < 1.29 is 19.6 Å². The van der Waals surface area contributed by atoms with Crippen LogP contribution in [0.15, 0.2) is 0 Å². The molecule has 1 saturated heterocycles. The number of carbonyl (C=O) groups excluding carboxylic acids is 2. The zero-order chi connectivity index (χ0) is 13.7. The first-order valence-corrected chi connectivity index (χ1v) is 5.63. The third kappa shape index (κ3) is 4.89. The molecule has 1 rings (SSSR count). The lowest BCUT2D eigenvalue weighted by atomic mass is 9.95. The Morgan fingerprint density at radius 3 is 2.29 bits per heavy atom. The van der Waals surface area contributed by atoms with Gasteiger partial charge in [-0.2, -0.15) is 0 Å². The fourth-order valence-electron chi connectivity index (χ4n) is 0.698. The third-order valence-corrected chi connectivity index (χ3v) is 2.93. The van der Waals surface area contributed by atoms with Crippen LogP contribution in [-0.4, -0.2) is 29.5 Å². The van der Waals surface area contributed by atoms with E-state index >= 15 is 0 Å². The molecule has 6 nitrogen and oxygen atoms in total. The van der Waals surface area contributed by atoms with Gasteiger partial charge in [0.05, 0.1) is 17.4 Å². The molecule has 1 aliphatic rings. The molecule has 0 radical (unpaired) electrons. The van der Waals surface area contributed by atoms with Gasteiger partial charge in [0.1, 0.15) is 0 Å². The number of nitrogens with one attached hydrogen (secondary N) is 2. The Hall–Kier alpha value is -0.850. The number of hydrogen-bond acceptors (Lipinski definition) is 4. The largest absolute Gasteiger partial charge is 0.289 e. The van der Waals surface area contributed by atoms with E-state index in [2.05, 4.69) is 10.3 Å². The molecular formula is C10H19ClN2O4. The molecule has 3 N–H and O–H groups in total. The van der Waals surface area contributed by atoms with Crippen LogP contribution < -0.4 is 11.0 Å². The topological polar surface area (TPSA) is 87.7 Å². The lowest BCUT2D eigenvalue weighted by Gasteiger charge is -2.16. The van der Waals surface area contributed by atoms with Gasteiger partial charge in [0.2, 0.25) is 5.91 Å². The first-order valence-electron chi connectivity index (χ1n) is 5.10. The van der Waals surface area contributed by atoms with Gasteiger partial charge in [-0.15, -0.1) is 11.6 Å². The number of amides is 2. The number of halogens is 1. The molecule has 2 amide bonds. The first-order chi connectivity index (χ1) is 7.67. The second-order valence-corrected chi connectivity index (χ2v) is 5.33. The summed E-state index contributed by atoms with van der Waals surface area (Å²) in [6.07, 6.45) is 0. The summed E-state index contributed by atoms with van der Waals surface area (Å²) in [6.45, 7) is 7.45. The van der Waals surface area contributed by atoms with Crippen molar-refractivity contribution >= 4 is 23.4 Å². The van der Waals surface area contributed by atoms with Crippen molar-refractivity contribution in [3.05, 3.63) is 0 Å². The first kappa shape index (κ1) is 16.1. The van der Waals surface area contributed by atoms with Crippen molar-refractivity contribution in [3.63, 3.8) is 0 Å². The summed E-state index contributed by atoms with van der Waals surface area (Å²) in [5.74, 6) is -0.297. The van der Waals surface area contributed by atoms with Gasteiger partial charge in [0.15, 0.2) is 0 Å². The molecule has 0 aromatic rings. The number of hydrogen-bond donors (Lipinski definition) is 3. The van der Waals surface area contributed by atoms with Crippen LogP contribution in [0.1, 0.15) is 27.7 Å². The quantitative estimate of drug-likeness (QED) is 0.392. The minimum absolute atomic E-state index is 0.0301. The minimum atomic E-state index is -0.684. The average Bonchev–Trinajstić information content (AvgIpc) is 2.57. The summed E-state index contributed by atoms with van der Waals surface area (Å²) < 4.78 is 0. The molecule has 100 valence electrons. The maximum absolute atomic E-state index is 10.7. The highest BCUT2D eigenvalue weighted by atomic mass is 35.5. The SMILES string of the molecule is CC(C)(CCl)C(=O)NO.CC1(C)CONC1=O. The van der Waals surface area contributed by atoms with Gasteiger partial charge in [0, 0.05) is 5.88 Å². The van der Waals surface area contributed by atoms with Crippen molar-refractivity contribution in [2.24, 2.45) is 10.8 Å². The summed E-state index contributed by atoms with van der Waals surface area (Å²) in [5, 5.41) is 8.14. The van der Waals surface area contributed by atoms with Crippen LogP contribution in [0.4, 0.5) is 0 Å². The van der Waals surface area contributed by atoms with E-state index in [9.17, 15) is 9.59 Å². The van der Waals surface area contributed by atoms with Crippen molar-refractivity contribution in [1.82, 2.24) is 11.0 Å². The normalized spacial score (nSPS) is 17.9. The molecule has 0 unspecified atom stereocenters. The Labute approximate surface area is 106 Å². The average molecular weight is 267 g/mol. The number of alkyl halides is 1. The Kier molecular flexibility index (Phi) is 5.87. The highest BCUT2D eigenvalue weighted by molar-refractivity contribution is 6.19. The van der Waals surface area contributed by atoms with Crippen LogP contribution in [0.5, 0.6) is 0 Å². The molecule has 0 aliphatic carbocycles. The van der Waals surface area contributed by atoms with Gasteiger partial charge >= 0.3 is 0 Å². The summed E-state index contributed by atoms with van der Waals surface area (Å²) in [7, 11) is 0. The van der Waals surface area contributed by atoms with Crippen molar-refractivity contribution in [1.29, 1.82) is 0 Å². The lowest BCUT2D eigenvalue weighted by Crippen LogP contribution is -2.36. The highest BCUT2D eigenvalue weighted by Crippen LogP contribution is 2.19. The predicted octanol–water partition coefficient (Wildman–Crippen LogP) is 0.831. The lowest BCUT2D eigenvalue weighted by molar-refractivity contribution is -0.136. The Morgan fingerprint density at radius 2 is 2.18 bits per heavy atom. The third-order valence-electron chi connectivity index (χ3n) is 2.26. The van der Waals surface area contributed by atoms with Crippen molar-refractivity contribution in [3.8, 4) is 0 Å². The van der Waals surface area contributed by atoms with Gasteiger partial charge < -0.3 is 0 Å². The zero-order valence-electron chi connectivity index (χ0n) is 10.5. The van der Waals surface area contributed by atoms with Gasteiger partial charge in [0.25, 0.3) is 5.91 Å². The van der Waals surface area contributed by atoms with Crippen LogP contribution in [-0.2, 0) is 14.4 Å². The minimum Gasteiger partial charge on any atom is -0.289 e. The standard InChI is InChI=1S/C5H10ClNO2.C5H9NO2/c1-5(2,3-6)4(8)7-9;1-5(2)3-8-6-4(5)7/h9H,3H2,1-2H3,(H,7,8);3H2,1-2H3,(H,6,7). The van der Waals surface area contributed by atoms with E-state index in [1.807, 2.05) is 13.8 Å². The molecule has 0 saturated carbocycles. The van der Waals surface area contributed by atoms with Crippen LogP contribution in [0.3, 0.4) is 0 Å². The van der Waals surface area contributed by atoms with Crippen LogP contribution in [0.25, 0.3) is 0 Å². The summed E-state index contributed by atoms with van der Waals surface area (Å²) in [4.78, 5) is 26.0. The molecule has 7 heteroatoms. The Bertz CT molecular complexity index is 292. The molecule has 0 spiro atoms. The number of rotatable bonds is 2. The molecule has 0 bridgehead atoms. The Morgan fingerprint density at radius 1 is 1.65 bits per heavy atom. The monoisotopic (exact) mass is 266 g/mol. The summed E-state index contributed by atoms with van der Waals surface area (Å²) >= 11 is 5.39. The zero-order valence-corrected chi connectivity index (χ0v) is 11.2. The molecule has 0 aromatic carbocycles. The second-order valence-electron chi connectivity index (χ2n) is 5.06. The summed E-state index contributed by atoms with van der Waals surface area (Å²) in [6, 6.07) is 0. The van der Waals surface area contributed by atoms with E-state index in [0.29, 0.717) is 6.61 Å². The number of carbonyl (C=O) groups is 2. The maximum atomic E-state index is 10.7. The van der Waals surface area contributed by atoms with Crippen LogP contribution >= 0.6 is 11.6 Å². The van der Waals surface area contributed by atoms with E-state index < -0.39 is 11.3 Å². The fourth-order valence-corrected chi connectivity index (χ4v) is 0.819. The van der Waals surface area contributed by atoms with E-state index in [0.717, 1.165) is 0 Å². The van der Waals surface area contributed by atoms with Crippen molar-refractivity contribution in [2.45, 2.75) is 27.7 Å². The van der Waals surface area contributed by atoms with Crippen LogP contribution in [0.2, 0.25) is 0 Å². The molecule has 1 aliphatic heterocycles. The van der Waals surface area contributed by atoms with E-state index in [1.54, 1.807) is 13.8 Å². The van der Waals surface area contributed by atoms with Crippen molar-refractivity contribution in [2.75, 3.05) is 12.5 Å².